The van der Waals surface area contributed by atoms with Crippen LogP contribution in [0.3, 0.4) is 0 Å². The van der Waals surface area contributed by atoms with Crippen LogP contribution >= 0.6 is 0 Å². The Morgan fingerprint density at radius 2 is 1.69 bits per heavy atom. The molecule has 0 spiro atoms. The maximum Gasteiger partial charge on any atom is 0.407 e. The highest BCUT2D eigenvalue weighted by Crippen LogP contribution is 2.34. The molecule has 2 atom stereocenters. The Morgan fingerprint density at radius 3 is 2.31 bits per heavy atom. The molecule has 2 aliphatic rings. The minimum Gasteiger partial charge on any atom is -0.493 e. The van der Waals surface area contributed by atoms with E-state index in [9.17, 15) is 23.1 Å². The molecule has 0 radical (unpaired) electrons. The fraction of sp³-hybridized carbons (Fsp3) is 0.576. The van der Waals surface area contributed by atoms with Gasteiger partial charge < -0.3 is 29.1 Å². The molecular weight excluding hydrogens is 598 g/mol. The second-order valence-electron chi connectivity index (χ2n) is 12.1. The number of rotatable bonds is 16. The largest absolute Gasteiger partial charge is 0.493 e. The summed E-state index contributed by atoms with van der Waals surface area (Å²) in [7, 11) is -0.389. The maximum atomic E-state index is 13.9. The zero-order valence-electron chi connectivity index (χ0n) is 26.8. The van der Waals surface area contributed by atoms with Crippen molar-refractivity contribution in [1.29, 1.82) is 0 Å². The van der Waals surface area contributed by atoms with E-state index in [0.29, 0.717) is 56.0 Å². The summed E-state index contributed by atoms with van der Waals surface area (Å²) in [6, 6.07) is 13.3. The Hall–Kier alpha value is -3.35. The Kier molecular flexibility index (Phi) is 12.1. The number of ether oxygens (including phenoxy) is 3. The third-order valence-corrected chi connectivity index (χ3v) is 10.4. The monoisotopic (exact) mass is 645 g/mol. The Balaban J connectivity index is 1.45. The molecule has 2 amide bonds. The van der Waals surface area contributed by atoms with Crippen molar-refractivity contribution in [2.45, 2.75) is 82.3 Å². The number of benzene rings is 2. The molecule has 1 aliphatic carbocycles. The van der Waals surface area contributed by atoms with Crippen LogP contribution in [0.25, 0.3) is 0 Å². The van der Waals surface area contributed by atoms with Crippen molar-refractivity contribution in [1.82, 2.24) is 14.1 Å². The lowest BCUT2D eigenvalue weighted by molar-refractivity contribution is 0.0315. The van der Waals surface area contributed by atoms with Gasteiger partial charge in [0.25, 0.3) is 5.91 Å². The van der Waals surface area contributed by atoms with E-state index >= 15 is 0 Å². The molecule has 12 heteroatoms. The lowest BCUT2D eigenvalue weighted by Crippen LogP contribution is -2.57. The molecule has 1 aliphatic heterocycles. The summed E-state index contributed by atoms with van der Waals surface area (Å²) in [4.78, 5) is 29.5. The number of sulfonamides is 1. The first kappa shape index (κ1) is 34.5. The van der Waals surface area contributed by atoms with Gasteiger partial charge in [-0.1, -0.05) is 30.3 Å². The molecule has 248 valence electrons. The third-order valence-electron chi connectivity index (χ3n) is 8.46. The van der Waals surface area contributed by atoms with Crippen molar-refractivity contribution in [2.24, 2.45) is 0 Å². The van der Waals surface area contributed by atoms with E-state index in [-0.39, 0.29) is 48.9 Å². The molecule has 11 nitrogen and oxygen atoms in total. The molecule has 4 rings (SSSR count). The van der Waals surface area contributed by atoms with Crippen LogP contribution in [0, 0.1) is 0 Å². The molecule has 2 aromatic rings. The van der Waals surface area contributed by atoms with Gasteiger partial charge in [-0.2, -0.15) is 4.31 Å². The Morgan fingerprint density at radius 1 is 0.978 bits per heavy atom. The number of amides is 2. The summed E-state index contributed by atoms with van der Waals surface area (Å²) in [6.07, 6.45) is 2.79. The minimum atomic E-state index is -3.56. The van der Waals surface area contributed by atoms with Gasteiger partial charge in [-0.15, -0.1) is 0 Å². The minimum absolute atomic E-state index is 0.0271. The number of methoxy groups -OCH3 is 2. The molecule has 1 heterocycles. The predicted octanol–water partition coefficient (Wildman–Crippen LogP) is 4.86. The van der Waals surface area contributed by atoms with E-state index in [2.05, 4.69) is 0 Å². The summed E-state index contributed by atoms with van der Waals surface area (Å²) >= 11 is 0. The molecule has 45 heavy (non-hydrogen) atoms. The fourth-order valence-corrected chi connectivity index (χ4v) is 7.93. The molecule has 1 saturated carbocycles. The van der Waals surface area contributed by atoms with Crippen LogP contribution in [-0.4, -0.2) is 104 Å². The normalized spacial score (nSPS) is 18.7. The number of hydrogen-bond acceptors (Lipinski definition) is 7. The van der Waals surface area contributed by atoms with Crippen LogP contribution in [0.4, 0.5) is 4.79 Å². The molecule has 0 aromatic heterocycles. The summed E-state index contributed by atoms with van der Waals surface area (Å²) in [5, 5.41) is 10.2. The standard InChI is InChI=1S/C33H47N3O8S/c1-24(2)36(32(37)26-11-16-30(43-4)31(21-26)44-20-8-19-42-3)29-15-12-27(34(22-29)33(38)39)17-18-35(28-13-14-28)45(40,41)23-25-9-6-5-7-10-25/h5-7,9-11,16,21,24,27-29H,8,12-15,17-20,22-23H2,1-4H3,(H,38,39)/t27-,29-/m1/s1. The first-order chi connectivity index (χ1) is 21.6. The maximum absolute atomic E-state index is 13.9. The molecule has 2 aromatic carbocycles. The van der Waals surface area contributed by atoms with Crippen LogP contribution in [0.15, 0.2) is 48.5 Å². The SMILES string of the molecule is COCCCOc1cc(C(=O)N(C(C)C)[C@@H]2CC[C@H](CCN(C3CC3)S(=O)(=O)Cc3ccccc3)N(C(=O)O)C2)ccc1OC. The second kappa shape index (κ2) is 15.8. The van der Waals surface area contributed by atoms with Crippen molar-refractivity contribution in [2.75, 3.05) is 40.5 Å². The zero-order chi connectivity index (χ0) is 32.6. The Bertz CT molecular complexity index is 1380. The van der Waals surface area contributed by atoms with Gasteiger partial charge in [0.1, 0.15) is 0 Å². The van der Waals surface area contributed by atoms with Crippen molar-refractivity contribution in [3.63, 3.8) is 0 Å². The lowest BCUT2D eigenvalue weighted by Gasteiger charge is -2.44. The average Bonchev–Trinajstić information content (AvgIpc) is 3.85. The highest BCUT2D eigenvalue weighted by molar-refractivity contribution is 7.88. The second-order valence-corrected chi connectivity index (χ2v) is 14.0. The lowest BCUT2D eigenvalue weighted by atomic mass is 9.94. The topological polar surface area (TPSA) is 126 Å². The number of carboxylic acid groups (broad SMARTS) is 1. The van der Waals surface area contributed by atoms with Gasteiger partial charge in [-0.3, -0.25) is 4.79 Å². The van der Waals surface area contributed by atoms with E-state index in [1.54, 1.807) is 53.8 Å². The van der Waals surface area contributed by atoms with Gasteiger partial charge in [0.05, 0.1) is 25.5 Å². The Labute approximate surface area is 267 Å². The van der Waals surface area contributed by atoms with E-state index < -0.39 is 16.1 Å². The average molecular weight is 646 g/mol. The number of nitrogens with zero attached hydrogens (tertiary/aromatic N) is 3. The highest BCUT2D eigenvalue weighted by Gasteiger charge is 2.40. The van der Waals surface area contributed by atoms with Crippen LogP contribution in [0.5, 0.6) is 11.5 Å². The number of hydrogen-bond donors (Lipinski definition) is 1. The van der Waals surface area contributed by atoms with Gasteiger partial charge in [-0.05, 0) is 69.7 Å². The summed E-state index contributed by atoms with van der Waals surface area (Å²) < 4.78 is 44.7. The molecule has 1 N–H and O–H groups in total. The van der Waals surface area contributed by atoms with Gasteiger partial charge in [0, 0.05) is 56.9 Å². The van der Waals surface area contributed by atoms with E-state index in [1.165, 1.54) is 4.90 Å². The number of piperidine rings is 1. The predicted molar refractivity (Wildman–Crippen MR) is 171 cm³/mol. The molecule has 1 saturated heterocycles. The van der Waals surface area contributed by atoms with Crippen molar-refractivity contribution >= 4 is 22.0 Å². The number of likely N-dealkylation sites (tertiary alicyclic amines) is 1. The van der Waals surface area contributed by atoms with Gasteiger partial charge in [0.15, 0.2) is 11.5 Å². The molecule has 0 unspecified atom stereocenters. The zero-order valence-corrected chi connectivity index (χ0v) is 27.6. The highest BCUT2D eigenvalue weighted by atomic mass is 32.2. The quantitative estimate of drug-likeness (QED) is 0.257. The van der Waals surface area contributed by atoms with Crippen LogP contribution in [0.1, 0.15) is 68.3 Å². The number of carbonyl (C=O) groups is 2. The summed E-state index contributed by atoms with van der Waals surface area (Å²) in [6.45, 7) is 5.22. The van der Waals surface area contributed by atoms with Gasteiger partial charge >= 0.3 is 6.09 Å². The van der Waals surface area contributed by atoms with Crippen LogP contribution < -0.4 is 9.47 Å². The first-order valence-corrected chi connectivity index (χ1v) is 17.3. The van der Waals surface area contributed by atoms with Crippen LogP contribution in [0.2, 0.25) is 0 Å². The van der Waals surface area contributed by atoms with Crippen LogP contribution in [-0.2, 0) is 20.5 Å². The first-order valence-electron chi connectivity index (χ1n) is 15.7. The third kappa shape index (κ3) is 9.11. The summed E-state index contributed by atoms with van der Waals surface area (Å²) in [5.74, 6) is 0.691. The molecular formula is C33H47N3O8S. The van der Waals surface area contributed by atoms with Crippen molar-refractivity contribution in [3.8, 4) is 11.5 Å². The van der Waals surface area contributed by atoms with Gasteiger partial charge in [-0.25, -0.2) is 13.2 Å². The fourth-order valence-electron chi connectivity index (χ4n) is 6.10. The van der Waals surface area contributed by atoms with E-state index in [4.69, 9.17) is 14.2 Å². The van der Waals surface area contributed by atoms with E-state index in [1.807, 2.05) is 32.0 Å². The number of carbonyl (C=O) groups excluding carboxylic acids is 1. The van der Waals surface area contributed by atoms with E-state index in [0.717, 1.165) is 18.4 Å². The molecule has 0 bridgehead atoms. The smallest absolute Gasteiger partial charge is 0.407 e. The van der Waals surface area contributed by atoms with Gasteiger partial charge in [0.2, 0.25) is 10.0 Å². The van der Waals surface area contributed by atoms with Crippen molar-refractivity contribution < 1.29 is 37.3 Å². The molecule has 2 fully saturated rings. The van der Waals surface area contributed by atoms with Crippen molar-refractivity contribution in [3.05, 3.63) is 59.7 Å². The summed E-state index contributed by atoms with van der Waals surface area (Å²) in [5.41, 5.74) is 1.16.